The molecule has 66 heavy (non-hydrogen) atoms. The van der Waals surface area contributed by atoms with E-state index in [2.05, 4.69) is 102 Å². The van der Waals surface area contributed by atoms with Crippen LogP contribution in [0, 0.1) is 6.07 Å². The van der Waals surface area contributed by atoms with Gasteiger partial charge in [-0.2, -0.15) is 0 Å². The second-order valence-corrected chi connectivity index (χ2v) is 21.6. The van der Waals surface area contributed by atoms with E-state index < -0.39 is 46.4 Å². The van der Waals surface area contributed by atoms with Gasteiger partial charge in [0.1, 0.15) is 11.6 Å². The van der Waals surface area contributed by atoms with Crippen molar-refractivity contribution < 1.29 is 37.1 Å². The maximum atomic E-state index is 12.6. The normalized spacial score (nSPS) is 14.3. The molecule has 0 fully saturated rings. The molecule has 2 heterocycles. The van der Waals surface area contributed by atoms with Crippen molar-refractivity contribution in [2.45, 2.75) is 124 Å². The standard InChI is InChI=1S/C61H66N3O.Pt/c1-38(2)41-25-28-53(49(34-41)40-19-16-15-17-20-40)64-54-22-18-21-48(55(54)63-57(64)50-36-47(60(9,10)11)37-51(56(50)65)61(12,13)14)43-31-44(33-46(32-43)59(6,7)8)52-35-42(29-30-62-52)39-23-26-45(27-24-39)58(3,4)5;/h15-30,32-38,65H,1-14H3;/q-1;/i23D,24D,26D,27D,29D,30D,35D,38D;. The fourth-order valence-electron chi connectivity index (χ4n) is 8.10. The Kier molecular flexibility index (Phi) is 10.5. The van der Waals surface area contributed by atoms with Gasteiger partial charge in [-0.15, -0.1) is 29.3 Å². The van der Waals surface area contributed by atoms with Gasteiger partial charge in [0, 0.05) is 45.4 Å². The van der Waals surface area contributed by atoms with E-state index in [9.17, 15) is 6.48 Å². The largest absolute Gasteiger partial charge is 0.507 e. The van der Waals surface area contributed by atoms with Gasteiger partial charge in [0.05, 0.1) is 31.9 Å². The predicted molar refractivity (Wildman–Crippen MR) is 275 cm³/mol. The zero-order valence-corrected chi connectivity index (χ0v) is 43.0. The van der Waals surface area contributed by atoms with Gasteiger partial charge in [-0.05, 0) is 91.2 Å². The van der Waals surface area contributed by atoms with E-state index in [4.69, 9.17) is 14.6 Å². The molecule has 2 aromatic heterocycles. The zero-order chi connectivity index (χ0) is 53.8. The first-order valence-electron chi connectivity index (χ1n) is 26.5. The summed E-state index contributed by atoms with van der Waals surface area (Å²) in [5, 5.41) is 12.6. The maximum absolute atomic E-state index is 12.6. The summed E-state index contributed by atoms with van der Waals surface area (Å²) in [6.07, 6.45) is -0.486. The second-order valence-electron chi connectivity index (χ2n) is 21.6. The molecule has 0 bridgehead atoms. The van der Waals surface area contributed by atoms with Crippen molar-refractivity contribution in [3.8, 4) is 67.5 Å². The summed E-state index contributed by atoms with van der Waals surface area (Å²) >= 11 is 0. The SMILES string of the molecule is [2H]c1nc(-c2[c-]c(-c3cccc4c3nc(-c3cc(C(C)(C)C)cc(C(C)(C)C)c3O)n4-c3ccc(C([2H])(C)C)cc3-c3ccccc3)cc(C(C)(C)C)c2)c([2H])c(-c2c([2H])c([2H])c(C(C)(C)C)c([2H])c2[2H])c1[2H].[Pt]. The average molecular weight is 1060 g/mol. The molecule has 0 aliphatic heterocycles. The average Bonchev–Trinajstić information content (AvgIpc) is 3.68. The van der Waals surface area contributed by atoms with Gasteiger partial charge in [-0.3, -0.25) is 9.55 Å². The first-order chi connectivity index (χ1) is 33.7. The van der Waals surface area contributed by atoms with E-state index >= 15 is 0 Å². The molecule has 0 unspecified atom stereocenters. The number of aromatic nitrogens is 3. The maximum Gasteiger partial charge on any atom is 0.148 e. The van der Waals surface area contributed by atoms with E-state index in [1.165, 1.54) is 0 Å². The topological polar surface area (TPSA) is 50.9 Å². The van der Waals surface area contributed by atoms with Crippen LogP contribution in [0.25, 0.3) is 72.7 Å². The molecule has 8 aromatic rings. The molecule has 0 saturated carbocycles. The van der Waals surface area contributed by atoms with Gasteiger partial charge >= 0.3 is 0 Å². The van der Waals surface area contributed by atoms with E-state index in [1.54, 1.807) is 0 Å². The number of phenols is 1. The summed E-state index contributed by atoms with van der Waals surface area (Å²) in [6, 6.07) is 31.6. The summed E-state index contributed by atoms with van der Waals surface area (Å²) < 4.78 is 75.1. The first-order valence-corrected chi connectivity index (χ1v) is 22.5. The zero-order valence-electron chi connectivity index (χ0n) is 48.8. The Morgan fingerprint density at radius 3 is 1.86 bits per heavy atom. The van der Waals surface area contributed by atoms with Crippen molar-refractivity contribution in [3.05, 3.63) is 167 Å². The number of para-hydroxylation sites is 1. The summed E-state index contributed by atoms with van der Waals surface area (Å²) in [6.45, 7) is 28.1. The number of hydrogen-bond donors (Lipinski definition) is 1. The minimum Gasteiger partial charge on any atom is -0.507 e. The van der Waals surface area contributed by atoms with Crippen LogP contribution in [0.2, 0.25) is 0 Å². The van der Waals surface area contributed by atoms with Crippen LogP contribution < -0.4 is 0 Å². The smallest absolute Gasteiger partial charge is 0.148 e. The molecule has 0 amide bonds. The van der Waals surface area contributed by atoms with Crippen molar-refractivity contribution >= 4 is 11.0 Å². The fourth-order valence-corrected chi connectivity index (χ4v) is 8.10. The molecule has 6 aromatic carbocycles. The summed E-state index contributed by atoms with van der Waals surface area (Å²) in [7, 11) is 0. The second kappa shape index (κ2) is 17.9. The Morgan fingerprint density at radius 2 is 1.24 bits per heavy atom. The van der Waals surface area contributed by atoms with Gasteiger partial charge < -0.3 is 5.11 Å². The van der Waals surface area contributed by atoms with Crippen molar-refractivity contribution in [3.63, 3.8) is 0 Å². The third-order valence-electron chi connectivity index (χ3n) is 12.1. The third-order valence-corrected chi connectivity index (χ3v) is 12.1. The molecule has 0 radical (unpaired) electrons. The van der Waals surface area contributed by atoms with Crippen LogP contribution in [0.3, 0.4) is 0 Å². The van der Waals surface area contributed by atoms with Gasteiger partial charge in [0.15, 0.2) is 0 Å². The molecule has 5 heteroatoms. The van der Waals surface area contributed by atoms with E-state index in [1.807, 2.05) is 101 Å². The van der Waals surface area contributed by atoms with Crippen LogP contribution in [0.1, 0.15) is 142 Å². The molecule has 0 atom stereocenters. The number of fused-ring (bicyclic) bond motifs is 1. The number of hydrogen-bond acceptors (Lipinski definition) is 3. The molecule has 0 aliphatic carbocycles. The van der Waals surface area contributed by atoms with Crippen molar-refractivity contribution in [1.29, 1.82) is 0 Å². The number of imidazole rings is 1. The fraction of sp³-hybridized carbons (Fsp3) is 0.311. The van der Waals surface area contributed by atoms with Crippen LogP contribution in [0.4, 0.5) is 0 Å². The molecule has 8 rings (SSSR count). The van der Waals surface area contributed by atoms with Gasteiger partial charge in [0.2, 0.25) is 0 Å². The minimum absolute atomic E-state index is 0. The molecule has 342 valence electrons. The molecule has 0 saturated heterocycles. The number of aromatic hydroxyl groups is 1. The number of benzene rings is 6. The third kappa shape index (κ3) is 9.63. The number of pyridine rings is 1. The molecular formula is C61H66N3OPt-. The van der Waals surface area contributed by atoms with E-state index in [-0.39, 0.29) is 72.7 Å². The Balaban J connectivity index is 0.00000800. The van der Waals surface area contributed by atoms with Crippen molar-refractivity contribution in [1.82, 2.24) is 14.5 Å². The van der Waals surface area contributed by atoms with Gasteiger partial charge in [-0.25, -0.2) is 4.98 Å². The number of nitrogens with zero attached hydrogens (tertiary/aromatic N) is 3. The van der Waals surface area contributed by atoms with E-state index in [0.717, 1.165) is 44.6 Å². The van der Waals surface area contributed by atoms with Crippen LogP contribution in [-0.2, 0) is 42.7 Å². The van der Waals surface area contributed by atoms with E-state index in [0.29, 0.717) is 33.6 Å². The van der Waals surface area contributed by atoms with Gasteiger partial charge in [-0.1, -0.05) is 193 Å². The van der Waals surface area contributed by atoms with Crippen LogP contribution in [0.15, 0.2) is 133 Å². The number of phenolic OH excluding ortho intramolecular Hbond substituents is 1. The molecule has 0 spiro atoms. The first kappa shape index (κ1) is 38.5. The Bertz CT molecular complexity index is 3480. The summed E-state index contributed by atoms with van der Waals surface area (Å²) in [5.41, 5.74) is 7.44. The van der Waals surface area contributed by atoms with Crippen molar-refractivity contribution in [2.75, 3.05) is 0 Å². The number of rotatable bonds is 7. The molecule has 4 nitrogen and oxygen atoms in total. The minimum atomic E-state index is -0.906. The van der Waals surface area contributed by atoms with Crippen LogP contribution in [-0.4, -0.2) is 19.6 Å². The molecular weight excluding hydrogens is 986 g/mol. The predicted octanol–water partition coefficient (Wildman–Crippen LogP) is 16.6. The monoisotopic (exact) mass is 1060 g/mol. The molecule has 0 aliphatic rings. The Hall–Kier alpha value is -5.57. The quantitative estimate of drug-likeness (QED) is 0.162. The van der Waals surface area contributed by atoms with Crippen molar-refractivity contribution in [2.24, 2.45) is 0 Å². The Morgan fingerprint density at radius 1 is 0.606 bits per heavy atom. The van der Waals surface area contributed by atoms with Crippen LogP contribution >= 0.6 is 0 Å². The van der Waals surface area contributed by atoms with Crippen LogP contribution in [0.5, 0.6) is 5.75 Å². The molecule has 1 N–H and O–H groups in total. The Labute approximate surface area is 420 Å². The summed E-state index contributed by atoms with van der Waals surface area (Å²) in [5.74, 6) is -0.284. The van der Waals surface area contributed by atoms with Gasteiger partial charge in [0.25, 0.3) is 0 Å². The summed E-state index contributed by atoms with van der Waals surface area (Å²) in [4.78, 5) is 10.1.